The van der Waals surface area contributed by atoms with E-state index >= 15 is 0 Å². The zero-order chi connectivity index (χ0) is 14.9. The number of nitrogens with zero attached hydrogens (tertiary/aromatic N) is 3. The van der Waals surface area contributed by atoms with E-state index < -0.39 is 10.0 Å². The monoisotopic (exact) mass is 301 g/mol. The molecule has 0 spiro atoms. The first-order chi connectivity index (χ1) is 9.41. The summed E-state index contributed by atoms with van der Waals surface area (Å²) in [5, 5.41) is 13.2. The highest BCUT2D eigenvalue weighted by Crippen LogP contribution is 2.29. The summed E-state index contributed by atoms with van der Waals surface area (Å²) in [4.78, 5) is 0.308. The molecule has 1 unspecified atom stereocenters. The number of aliphatic hydroxyl groups is 1. The van der Waals surface area contributed by atoms with E-state index in [4.69, 9.17) is 5.11 Å². The van der Waals surface area contributed by atoms with Crippen molar-refractivity contribution >= 4 is 10.0 Å². The van der Waals surface area contributed by atoms with Crippen LogP contribution >= 0.6 is 0 Å². The summed E-state index contributed by atoms with van der Waals surface area (Å²) in [5.41, 5.74) is 1.12. The van der Waals surface area contributed by atoms with Gasteiger partial charge in [0.25, 0.3) is 0 Å². The fraction of sp³-hybridized carbons (Fsp3) is 0.769. The normalized spacial score (nSPS) is 20.7. The minimum atomic E-state index is -3.47. The number of rotatable bonds is 5. The summed E-state index contributed by atoms with van der Waals surface area (Å²) in [5.74, 6) is 0.456. The Labute approximate surface area is 120 Å². The van der Waals surface area contributed by atoms with Crippen LogP contribution in [0, 0.1) is 19.8 Å². The Morgan fingerprint density at radius 1 is 1.40 bits per heavy atom. The van der Waals surface area contributed by atoms with Gasteiger partial charge in [0.15, 0.2) is 0 Å². The van der Waals surface area contributed by atoms with Crippen molar-refractivity contribution in [1.82, 2.24) is 14.1 Å². The van der Waals surface area contributed by atoms with Crippen molar-refractivity contribution < 1.29 is 13.5 Å². The minimum Gasteiger partial charge on any atom is -0.394 e. The SMILES string of the molecule is CCC1CCN(S(=O)(=O)c2c(C)nn(CCO)c2C)C1. The zero-order valence-electron chi connectivity index (χ0n) is 12.3. The first kappa shape index (κ1) is 15.5. The molecule has 0 saturated carbocycles. The number of hydrogen-bond acceptors (Lipinski definition) is 4. The van der Waals surface area contributed by atoms with Crippen molar-refractivity contribution in [2.45, 2.75) is 45.1 Å². The van der Waals surface area contributed by atoms with Crippen LogP contribution < -0.4 is 0 Å². The topological polar surface area (TPSA) is 75.4 Å². The molecule has 0 amide bonds. The largest absolute Gasteiger partial charge is 0.394 e. The van der Waals surface area contributed by atoms with Gasteiger partial charge in [0.2, 0.25) is 10.0 Å². The quantitative estimate of drug-likeness (QED) is 0.877. The maximum atomic E-state index is 12.8. The predicted octanol–water partition coefficient (Wildman–Crippen LogP) is 0.913. The Hall–Kier alpha value is -0.920. The highest BCUT2D eigenvalue weighted by atomic mass is 32.2. The van der Waals surface area contributed by atoms with Crippen LogP contribution in [0.1, 0.15) is 31.2 Å². The molecule has 0 aliphatic carbocycles. The second-order valence-electron chi connectivity index (χ2n) is 5.37. The van der Waals surface area contributed by atoms with Crippen molar-refractivity contribution in [1.29, 1.82) is 0 Å². The Morgan fingerprint density at radius 2 is 2.10 bits per heavy atom. The fourth-order valence-electron chi connectivity index (χ4n) is 2.84. The van der Waals surface area contributed by atoms with Gasteiger partial charge in [-0.25, -0.2) is 8.42 Å². The van der Waals surface area contributed by atoms with E-state index in [9.17, 15) is 8.42 Å². The number of aryl methyl sites for hydroxylation is 1. The average molecular weight is 301 g/mol. The van der Waals surface area contributed by atoms with Gasteiger partial charge < -0.3 is 5.11 Å². The smallest absolute Gasteiger partial charge is 0.246 e. The predicted molar refractivity (Wildman–Crippen MR) is 75.9 cm³/mol. The van der Waals surface area contributed by atoms with Crippen molar-refractivity contribution in [3.05, 3.63) is 11.4 Å². The third-order valence-corrected chi connectivity index (χ3v) is 6.17. The van der Waals surface area contributed by atoms with E-state index in [0.29, 0.717) is 41.8 Å². The molecule has 7 heteroatoms. The first-order valence-electron chi connectivity index (χ1n) is 7.06. The lowest BCUT2D eigenvalue weighted by atomic mass is 10.1. The fourth-order valence-corrected chi connectivity index (χ4v) is 4.75. The van der Waals surface area contributed by atoms with Gasteiger partial charge in [0.05, 0.1) is 24.5 Å². The molecule has 2 heterocycles. The van der Waals surface area contributed by atoms with Gasteiger partial charge in [-0.2, -0.15) is 9.40 Å². The highest BCUT2D eigenvalue weighted by Gasteiger charge is 2.35. The second-order valence-corrected chi connectivity index (χ2v) is 7.25. The molecule has 1 atom stereocenters. The standard InChI is InChI=1S/C13H23N3O3S/c1-4-12-5-6-15(9-12)20(18,19)13-10(2)14-16(7-8-17)11(13)3/h12,17H,4-9H2,1-3H3. The molecule has 1 N–H and O–H groups in total. The van der Waals surface area contributed by atoms with Gasteiger partial charge in [-0.3, -0.25) is 4.68 Å². The number of aliphatic hydroxyl groups excluding tert-OH is 1. The third-order valence-electron chi connectivity index (χ3n) is 4.05. The number of sulfonamides is 1. The van der Waals surface area contributed by atoms with E-state index in [1.807, 2.05) is 0 Å². The Morgan fingerprint density at radius 3 is 2.65 bits per heavy atom. The van der Waals surface area contributed by atoms with Gasteiger partial charge in [-0.1, -0.05) is 13.3 Å². The van der Waals surface area contributed by atoms with E-state index in [1.165, 1.54) is 0 Å². The van der Waals surface area contributed by atoms with Crippen LogP contribution in [0.2, 0.25) is 0 Å². The minimum absolute atomic E-state index is 0.0525. The molecule has 1 aliphatic heterocycles. The molecule has 1 aliphatic rings. The summed E-state index contributed by atoms with van der Waals surface area (Å²) in [6, 6.07) is 0. The molecule has 6 nitrogen and oxygen atoms in total. The molecule has 0 bridgehead atoms. The van der Waals surface area contributed by atoms with E-state index in [0.717, 1.165) is 12.8 Å². The lowest BCUT2D eigenvalue weighted by Gasteiger charge is -2.16. The first-order valence-corrected chi connectivity index (χ1v) is 8.50. The molecule has 0 radical (unpaired) electrons. The number of hydrogen-bond donors (Lipinski definition) is 1. The van der Waals surface area contributed by atoms with Crippen molar-refractivity contribution in [2.24, 2.45) is 5.92 Å². The van der Waals surface area contributed by atoms with Gasteiger partial charge in [0, 0.05) is 13.1 Å². The van der Waals surface area contributed by atoms with Crippen LogP contribution in [-0.2, 0) is 16.6 Å². The lowest BCUT2D eigenvalue weighted by molar-refractivity contribution is 0.267. The Kier molecular flexibility index (Phi) is 4.51. The summed E-state index contributed by atoms with van der Waals surface area (Å²) < 4.78 is 28.7. The van der Waals surface area contributed by atoms with E-state index in [1.54, 1.807) is 22.8 Å². The Balaban J connectivity index is 2.35. The molecule has 1 saturated heterocycles. The van der Waals surface area contributed by atoms with Gasteiger partial charge >= 0.3 is 0 Å². The molecule has 20 heavy (non-hydrogen) atoms. The number of aromatic nitrogens is 2. The molecule has 1 fully saturated rings. The molecular formula is C13H23N3O3S. The van der Waals surface area contributed by atoms with Crippen LogP contribution in [0.15, 0.2) is 4.90 Å². The summed E-state index contributed by atoms with van der Waals surface area (Å²) in [6.07, 6.45) is 1.94. The van der Waals surface area contributed by atoms with Crippen molar-refractivity contribution in [3.8, 4) is 0 Å². The molecular weight excluding hydrogens is 278 g/mol. The maximum absolute atomic E-state index is 12.8. The third kappa shape index (κ3) is 2.62. The van der Waals surface area contributed by atoms with Gasteiger partial charge in [-0.05, 0) is 26.2 Å². The maximum Gasteiger partial charge on any atom is 0.246 e. The lowest BCUT2D eigenvalue weighted by Crippen LogP contribution is -2.29. The summed E-state index contributed by atoms with van der Waals surface area (Å²) >= 11 is 0. The summed E-state index contributed by atoms with van der Waals surface area (Å²) in [7, 11) is -3.47. The van der Waals surface area contributed by atoms with Crippen LogP contribution in [0.3, 0.4) is 0 Å². The second kappa shape index (κ2) is 5.83. The molecule has 114 valence electrons. The van der Waals surface area contributed by atoms with Crippen LogP contribution in [0.25, 0.3) is 0 Å². The summed E-state index contributed by atoms with van der Waals surface area (Å²) in [6.45, 7) is 7.00. The van der Waals surface area contributed by atoms with Crippen molar-refractivity contribution in [2.75, 3.05) is 19.7 Å². The van der Waals surface area contributed by atoms with Crippen molar-refractivity contribution in [3.63, 3.8) is 0 Å². The van der Waals surface area contributed by atoms with E-state index in [2.05, 4.69) is 12.0 Å². The molecule has 0 aromatic carbocycles. The Bertz CT molecular complexity index is 580. The average Bonchev–Trinajstić information content (AvgIpc) is 2.96. The molecule has 1 aromatic heterocycles. The van der Waals surface area contributed by atoms with Crippen LogP contribution in [0.4, 0.5) is 0 Å². The molecule has 2 rings (SSSR count). The van der Waals surface area contributed by atoms with Crippen LogP contribution in [0.5, 0.6) is 0 Å². The van der Waals surface area contributed by atoms with Gasteiger partial charge in [0.1, 0.15) is 4.90 Å². The molecule has 1 aromatic rings. The van der Waals surface area contributed by atoms with Gasteiger partial charge in [-0.15, -0.1) is 0 Å². The highest BCUT2D eigenvalue weighted by molar-refractivity contribution is 7.89. The van der Waals surface area contributed by atoms with E-state index in [-0.39, 0.29) is 6.61 Å². The van der Waals surface area contributed by atoms with Crippen LogP contribution in [-0.4, -0.2) is 47.3 Å². The zero-order valence-corrected chi connectivity index (χ0v) is 13.2.